The van der Waals surface area contributed by atoms with Gasteiger partial charge >= 0.3 is 0 Å². The van der Waals surface area contributed by atoms with Gasteiger partial charge in [0.25, 0.3) is 0 Å². The second-order valence-electron chi connectivity index (χ2n) is 5.96. The number of hydrogen-bond acceptors (Lipinski definition) is 6. The van der Waals surface area contributed by atoms with Crippen molar-refractivity contribution in [2.24, 2.45) is 5.10 Å². The maximum Gasteiger partial charge on any atom is 0.232 e. The van der Waals surface area contributed by atoms with Crippen LogP contribution in [0.2, 0.25) is 0 Å². The lowest BCUT2D eigenvalue weighted by atomic mass is 10.0. The molecule has 1 aliphatic rings. The Morgan fingerprint density at radius 2 is 2.28 bits per heavy atom. The minimum atomic E-state index is -0.117. The van der Waals surface area contributed by atoms with E-state index < -0.39 is 0 Å². The molecule has 132 valence electrons. The van der Waals surface area contributed by atoms with Crippen LogP contribution in [-0.2, 0) is 11.2 Å². The van der Waals surface area contributed by atoms with E-state index in [9.17, 15) is 4.79 Å². The van der Waals surface area contributed by atoms with Gasteiger partial charge in [0.15, 0.2) is 5.50 Å². The lowest BCUT2D eigenvalue weighted by molar-refractivity contribution is -0.118. The molecule has 0 saturated carbocycles. The van der Waals surface area contributed by atoms with Crippen LogP contribution in [0.15, 0.2) is 34.3 Å². The normalized spacial score (nSPS) is 17.8. The zero-order chi connectivity index (χ0) is 17.8. The Morgan fingerprint density at radius 3 is 3.00 bits per heavy atom. The summed E-state index contributed by atoms with van der Waals surface area (Å²) >= 11 is 3.30. The van der Waals surface area contributed by atoms with Crippen molar-refractivity contribution in [3.05, 3.63) is 35.5 Å². The molecule has 0 radical (unpaired) electrons. The minimum absolute atomic E-state index is 0.0535. The van der Waals surface area contributed by atoms with Crippen molar-refractivity contribution in [1.82, 2.24) is 15.7 Å². The fourth-order valence-corrected chi connectivity index (χ4v) is 4.49. The third kappa shape index (κ3) is 4.27. The molecule has 1 aromatic carbocycles. The van der Waals surface area contributed by atoms with Crippen LogP contribution in [0.3, 0.4) is 0 Å². The maximum atomic E-state index is 11.2. The van der Waals surface area contributed by atoms with Gasteiger partial charge in [-0.2, -0.15) is 5.10 Å². The predicted octanol–water partition coefficient (Wildman–Crippen LogP) is 3.31. The van der Waals surface area contributed by atoms with Gasteiger partial charge in [-0.05, 0) is 44.6 Å². The fraction of sp³-hybridized carbons (Fsp3) is 0.389. The molecule has 0 spiro atoms. The van der Waals surface area contributed by atoms with Crippen LogP contribution >= 0.6 is 23.5 Å². The van der Waals surface area contributed by atoms with Gasteiger partial charge in [-0.15, -0.1) is 23.5 Å². The zero-order valence-corrected chi connectivity index (χ0v) is 16.3. The van der Waals surface area contributed by atoms with Crippen molar-refractivity contribution in [3.63, 3.8) is 0 Å². The van der Waals surface area contributed by atoms with Crippen LogP contribution in [-0.4, -0.2) is 34.1 Å². The molecule has 1 aromatic heterocycles. The summed E-state index contributed by atoms with van der Waals surface area (Å²) in [7, 11) is 0. The van der Waals surface area contributed by atoms with E-state index in [0.717, 1.165) is 29.8 Å². The number of amides is 1. The smallest absolute Gasteiger partial charge is 0.232 e. The quantitative estimate of drug-likeness (QED) is 0.461. The first kappa shape index (κ1) is 18.1. The van der Waals surface area contributed by atoms with E-state index in [1.165, 1.54) is 27.6 Å². The van der Waals surface area contributed by atoms with Gasteiger partial charge in [0.2, 0.25) is 5.91 Å². The van der Waals surface area contributed by atoms with Gasteiger partial charge in [-0.3, -0.25) is 15.2 Å². The maximum absolute atomic E-state index is 11.2. The Hall–Kier alpha value is -1.73. The van der Waals surface area contributed by atoms with Crippen molar-refractivity contribution >= 4 is 46.0 Å². The van der Waals surface area contributed by atoms with E-state index in [0.29, 0.717) is 5.75 Å². The van der Waals surface area contributed by atoms with Gasteiger partial charge in [0.1, 0.15) is 0 Å². The van der Waals surface area contributed by atoms with Crippen molar-refractivity contribution in [2.45, 2.75) is 37.1 Å². The number of carbonyl (C=O) groups is 1. The lowest BCUT2D eigenvalue weighted by Crippen LogP contribution is -2.34. The number of rotatable bonds is 6. The van der Waals surface area contributed by atoms with Crippen LogP contribution in [0.4, 0.5) is 0 Å². The van der Waals surface area contributed by atoms with E-state index in [1.807, 2.05) is 13.0 Å². The highest BCUT2D eigenvalue weighted by Gasteiger charge is 2.20. The number of para-hydroxylation sites is 1. The average Bonchev–Trinajstić information content (AvgIpc) is 3.03. The van der Waals surface area contributed by atoms with Gasteiger partial charge in [-0.1, -0.05) is 18.2 Å². The molecule has 1 fully saturated rings. The number of thioether (sulfide) groups is 2. The van der Waals surface area contributed by atoms with E-state index in [4.69, 9.17) is 4.98 Å². The Morgan fingerprint density at radius 1 is 1.48 bits per heavy atom. The van der Waals surface area contributed by atoms with Crippen LogP contribution in [0.5, 0.6) is 0 Å². The summed E-state index contributed by atoms with van der Waals surface area (Å²) in [6.07, 6.45) is 3.88. The van der Waals surface area contributed by atoms with Crippen molar-refractivity contribution in [1.29, 1.82) is 0 Å². The molecule has 1 aliphatic heterocycles. The van der Waals surface area contributed by atoms with E-state index in [2.05, 4.69) is 47.2 Å². The molecule has 1 amide bonds. The second kappa shape index (κ2) is 8.10. The molecule has 0 bridgehead atoms. The number of carbonyl (C=O) groups excluding carboxylic acids is 1. The first-order chi connectivity index (χ1) is 12.1. The molecule has 1 unspecified atom stereocenters. The van der Waals surface area contributed by atoms with Crippen LogP contribution < -0.4 is 10.7 Å². The molecule has 7 heteroatoms. The number of fused-ring (bicyclic) bond motifs is 1. The Bertz CT molecular complexity index is 822. The fourth-order valence-electron chi connectivity index (χ4n) is 2.85. The van der Waals surface area contributed by atoms with Crippen molar-refractivity contribution in [2.75, 3.05) is 12.0 Å². The molecule has 3 rings (SSSR count). The molecule has 25 heavy (non-hydrogen) atoms. The Labute approximate surface area is 156 Å². The predicted molar refractivity (Wildman–Crippen MR) is 107 cm³/mol. The zero-order valence-electron chi connectivity index (χ0n) is 14.6. The number of hydrazone groups is 1. The number of aromatic nitrogens is 1. The van der Waals surface area contributed by atoms with Crippen molar-refractivity contribution < 1.29 is 4.79 Å². The first-order valence-electron chi connectivity index (χ1n) is 8.20. The number of nitrogens with one attached hydrogen (secondary N) is 2. The highest BCUT2D eigenvalue weighted by atomic mass is 32.2. The standard InChI is InChI=1S/C18H22N4OS2/c1-11(21-22-18-20-16(23)10-25-18)8-9-13-12(2)19-15-7-5-4-6-14(15)17(13)24-3/h4-7,18,22H,8-10H2,1-3H3,(H,20,23). The molecule has 2 N–H and O–H groups in total. The van der Waals surface area contributed by atoms with Gasteiger partial charge in [-0.25, -0.2) is 0 Å². The second-order valence-corrected chi connectivity index (χ2v) is 7.87. The summed E-state index contributed by atoms with van der Waals surface area (Å²) in [5.41, 5.74) is 7.35. The van der Waals surface area contributed by atoms with Crippen LogP contribution in [0.1, 0.15) is 24.6 Å². The van der Waals surface area contributed by atoms with Crippen molar-refractivity contribution in [3.8, 4) is 0 Å². The highest BCUT2D eigenvalue weighted by molar-refractivity contribution is 8.01. The molecule has 1 saturated heterocycles. The third-order valence-corrected chi connectivity index (χ3v) is 5.99. The molecular formula is C18H22N4OS2. The average molecular weight is 375 g/mol. The van der Waals surface area contributed by atoms with Gasteiger partial charge in [0.05, 0.1) is 11.3 Å². The summed E-state index contributed by atoms with van der Waals surface area (Å²) in [5, 5.41) is 8.45. The SMILES string of the molecule is CSc1c(CCC(C)=NNC2NC(=O)CS2)c(C)nc2ccccc12. The topological polar surface area (TPSA) is 66.4 Å². The number of nitrogens with zero attached hydrogens (tertiary/aromatic N) is 2. The first-order valence-corrected chi connectivity index (χ1v) is 10.5. The monoisotopic (exact) mass is 374 g/mol. The summed E-state index contributed by atoms with van der Waals surface area (Å²) < 4.78 is 0. The van der Waals surface area contributed by atoms with E-state index in [1.54, 1.807) is 11.8 Å². The third-order valence-electron chi connectivity index (χ3n) is 4.13. The van der Waals surface area contributed by atoms with Crippen LogP contribution in [0.25, 0.3) is 10.9 Å². The summed E-state index contributed by atoms with van der Waals surface area (Å²) in [6.45, 7) is 4.09. The summed E-state index contributed by atoms with van der Waals surface area (Å²) in [5.74, 6) is 0.545. The molecule has 2 heterocycles. The molecule has 0 aliphatic carbocycles. The van der Waals surface area contributed by atoms with E-state index >= 15 is 0 Å². The molecule has 2 aromatic rings. The number of pyridine rings is 1. The summed E-state index contributed by atoms with van der Waals surface area (Å²) in [4.78, 5) is 17.3. The number of benzene rings is 1. The highest BCUT2D eigenvalue weighted by Crippen LogP contribution is 2.31. The van der Waals surface area contributed by atoms with Gasteiger partial charge < -0.3 is 5.32 Å². The largest absolute Gasteiger partial charge is 0.325 e. The van der Waals surface area contributed by atoms with E-state index in [-0.39, 0.29) is 11.4 Å². The molecular weight excluding hydrogens is 352 g/mol. The van der Waals surface area contributed by atoms with Crippen LogP contribution in [0, 0.1) is 6.92 Å². The molecule has 1 atom stereocenters. The Balaban J connectivity index is 1.72. The van der Waals surface area contributed by atoms with Gasteiger partial charge in [0, 0.05) is 21.7 Å². The Kier molecular flexibility index (Phi) is 5.86. The number of hydrogen-bond donors (Lipinski definition) is 2. The summed E-state index contributed by atoms with van der Waals surface area (Å²) in [6, 6.07) is 8.30. The lowest BCUT2D eigenvalue weighted by Gasteiger charge is -2.14. The number of aryl methyl sites for hydroxylation is 1. The minimum Gasteiger partial charge on any atom is -0.325 e. The molecule has 5 nitrogen and oxygen atoms in total.